The summed E-state index contributed by atoms with van der Waals surface area (Å²) in [6.45, 7) is 13.1. The van der Waals surface area contributed by atoms with Gasteiger partial charge in [-0.15, -0.1) is 6.58 Å². The van der Waals surface area contributed by atoms with E-state index >= 15 is 0 Å². The van der Waals surface area contributed by atoms with Crippen LogP contribution in [0.4, 0.5) is 0 Å². The molecule has 0 bridgehead atoms. The molecule has 0 aliphatic rings. The molecule has 0 saturated carbocycles. The summed E-state index contributed by atoms with van der Waals surface area (Å²) in [6.07, 6.45) is 7.27. The van der Waals surface area contributed by atoms with E-state index in [4.69, 9.17) is 0 Å². The fourth-order valence-electron chi connectivity index (χ4n) is 1.64. The minimum Gasteiger partial charge on any atom is -0.103 e. The minimum atomic E-state index is 0.823. The standard InChI is InChI=1S/C13H26/c1-6-8-11(3)9-10-13(5)12(4)7-2/h6,11-13H,1,7-10H2,2-5H3. The topological polar surface area (TPSA) is 0 Å². The number of hydrogen-bond donors (Lipinski definition) is 0. The first-order chi connectivity index (χ1) is 6.11. The van der Waals surface area contributed by atoms with Crippen molar-refractivity contribution in [2.24, 2.45) is 17.8 Å². The van der Waals surface area contributed by atoms with Crippen molar-refractivity contribution >= 4 is 0 Å². The first kappa shape index (κ1) is 12.7. The number of allylic oxidation sites excluding steroid dienone is 1. The smallest absolute Gasteiger partial charge is 0.0328 e. The summed E-state index contributed by atoms with van der Waals surface area (Å²) >= 11 is 0. The van der Waals surface area contributed by atoms with Gasteiger partial charge in [-0.1, -0.05) is 53.0 Å². The van der Waals surface area contributed by atoms with Crippen LogP contribution < -0.4 is 0 Å². The van der Waals surface area contributed by atoms with E-state index in [1.54, 1.807) is 0 Å². The minimum absolute atomic E-state index is 0.823. The van der Waals surface area contributed by atoms with Crippen molar-refractivity contribution < 1.29 is 0 Å². The van der Waals surface area contributed by atoms with Gasteiger partial charge in [0.05, 0.1) is 0 Å². The van der Waals surface area contributed by atoms with Crippen LogP contribution in [0.2, 0.25) is 0 Å². The van der Waals surface area contributed by atoms with Gasteiger partial charge in [-0.25, -0.2) is 0 Å². The molecule has 0 aliphatic carbocycles. The van der Waals surface area contributed by atoms with Gasteiger partial charge in [0.1, 0.15) is 0 Å². The lowest BCUT2D eigenvalue weighted by atomic mass is 9.87. The van der Waals surface area contributed by atoms with Crippen LogP contribution in [0.15, 0.2) is 12.7 Å². The molecule has 0 amide bonds. The Balaban J connectivity index is 3.56. The summed E-state index contributed by atoms with van der Waals surface area (Å²) in [6, 6.07) is 0. The fourth-order valence-corrected chi connectivity index (χ4v) is 1.64. The molecule has 0 nitrogen and oxygen atoms in total. The van der Waals surface area contributed by atoms with Crippen molar-refractivity contribution in [1.29, 1.82) is 0 Å². The van der Waals surface area contributed by atoms with E-state index in [9.17, 15) is 0 Å². The molecule has 0 N–H and O–H groups in total. The Morgan fingerprint density at radius 3 is 2.15 bits per heavy atom. The Morgan fingerprint density at radius 1 is 1.08 bits per heavy atom. The SMILES string of the molecule is C=CCC(C)CCC(C)C(C)CC. The molecule has 0 aliphatic heterocycles. The van der Waals surface area contributed by atoms with E-state index in [0.717, 1.165) is 17.8 Å². The maximum absolute atomic E-state index is 3.78. The second-order valence-corrected chi connectivity index (χ2v) is 4.57. The second-order valence-electron chi connectivity index (χ2n) is 4.57. The summed E-state index contributed by atoms with van der Waals surface area (Å²) in [5.41, 5.74) is 0. The van der Waals surface area contributed by atoms with Crippen molar-refractivity contribution in [3.8, 4) is 0 Å². The quantitative estimate of drug-likeness (QED) is 0.502. The maximum atomic E-state index is 3.78. The molecule has 0 saturated heterocycles. The summed E-state index contributed by atoms with van der Waals surface area (Å²) in [7, 11) is 0. The van der Waals surface area contributed by atoms with E-state index in [1.807, 2.05) is 6.08 Å². The molecule has 78 valence electrons. The van der Waals surface area contributed by atoms with Crippen molar-refractivity contribution in [3.05, 3.63) is 12.7 Å². The average molecular weight is 182 g/mol. The average Bonchev–Trinajstić information content (AvgIpc) is 2.13. The maximum Gasteiger partial charge on any atom is -0.0328 e. The van der Waals surface area contributed by atoms with E-state index in [0.29, 0.717) is 0 Å². The van der Waals surface area contributed by atoms with E-state index in [2.05, 4.69) is 34.3 Å². The molecule has 0 heterocycles. The predicted molar refractivity (Wildman–Crippen MR) is 61.8 cm³/mol. The highest BCUT2D eigenvalue weighted by molar-refractivity contribution is 4.71. The molecule has 0 fully saturated rings. The lowest BCUT2D eigenvalue weighted by molar-refractivity contribution is 0.325. The molecular weight excluding hydrogens is 156 g/mol. The van der Waals surface area contributed by atoms with Crippen LogP contribution in [0.5, 0.6) is 0 Å². The Labute approximate surface area is 84.4 Å². The monoisotopic (exact) mass is 182 g/mol. The highest BCUT2D eigenvalue weighted by Gasteiger charge is 2.11. The Bertz CT molecular complexity index is 126. The first-order valence-electron chi connectivity index (χ1n) is 5.72. The molecule has 0 aromatic heterocycles. The van der Waals surface area contributed by atoms with Gasteiger partial charge in [0.15, 0.2) is 0 Å². The summed E-state index contributed by atoms with van der Waals surface area (Å²) in [5.74, 6) is 2.59. The van der Waals surface area contributed by atoms with Gasteiger partial charge >= 0.3 is 0 Å². The van der Waals surface area contributed by atoms with Gasteiger partial charge in [-0.05, 0) is 24.2 Å². The van der Waals surface area contributed by atoms with Crippen molar-refractivity contribution in [3.63, 3.8) is 0 Å². The molecule has 3 atom stereocenters. The van der Waals surface area contributed by atoms with Crippen LogP contribution in [-0.2, 0) is 0 Å². The molecule has 0 heteroatoms. The van der Waals surface area contributed by atoms with Gasteiger partial charge in [0, 0.05) is 0 Å². The van der Waals surface area contributed by atoms with Crippen LogP contribution in [-0.4, -0.2) is 0 Å². The zero-order chi connectivity index (χ0) is 10.3. The molecule has 0 aromatic rings. The highest BCUT2D eigenvalue weighted by Crippen LogP contribution is 2.23. The van der Waals surface area contributed by atoms with Crippen LogP contribution in [0.3, 0.4) is 0 Å². The molecular formula is C13H26. The Kier molecular flexibility index (Phi) is 7.03. The molecule has 0 spiro atoms. The molecule has 0 radical (unpaired) electrons. The van der Waals surface area contributed by atoms with Crippen molar-refractivity contribution in [2.75, 3.05) is 0 Å². The first-order valence-corrected chi connectivity index (χ1v) is 5.72. The van der Waals surface area contributed by atoms with Crippen molar-refractivity contribution in [2.45, 2.75) is 53.4 Å². The van der Waals surface area contributed by atoms with E-state index in [1.165, 1.54) is 25.7 Å². The van der Waals surface area contributed by atoms with Gasteiger partial charge in [-0.3, -0.25) is 0 Å². The fraction of sp³-hybridized carbons (Fsp3) is 0.846. The number of hydrogen-bond acceptors (Lipinski definition) is 0. The van der Waals surface area contributed by atoms with Crippen LogP contribution in [0.25, 0.3) is 0 Å². The van der Waals surface area contributed by atoms with Gasteiger partial charge in [0.2, 0.25) is 0 Å². The third-order valence-electron chi connectivity index (χ3n) is 3.30. The van der Waals surface area contributed by atoms with E-state index in [-0.39, 0.29) is 0 Å². The third kappa shape index (κ3) is 5.90. The van der Waals surface area contributed by atoms with Gasteiger partial charge < -0.3 is 0 Å². The van der Waals surface area contributed by atoms with Gasteiger partial charge in [-0.2, -0.15) is 0 Å². The second kappa shape index (κ2) is 7.17. The summed E-state index contributed by atoms with van der Waals surface area (Å²) < 4.78 is 0. The Hall–Kier alpha value is -0.260. The molecule has 0 rings (SSSR count). The largest absolute Gasteiger partial charge is 0.103 e. The van der Waals surface area contributed by atoms with Crippen LogP contribution in [0.1, 0.15) is 53.4 Å². The van der Waals surface area contributed by atoms with Crippen molar-refractivity contribution in [1.82, 2.24) is 0 Å². The van der Waals surface area contributed by atoms with Crippen LogP contribution in [0, 0.1) is 17.8 Å². The molecule has 13 heavy (non-hydrogen) atoms. The lowest BCUT2D eigenvalue weighted by Gasteiger charge is -2.19. The van der Waals surface area contributed by atoms with Gasteiger partial charge in [0.25, 0.3) is 0 Å². The summed E-state index contributed by atoms with van der Waals surface area (Å²) in [4.78, 5) is 0. The molecule has 3 unspecified atom stereocenters. The predicted octanol–water partition coefficient (Wildman–Crippen LogP) is 4.66. The Morgan fingerprint density at radius 2 is 1.69 bits per heavy atom. The molecule has 0 aromatic carbocycles. The third-order valence-corrected chi connectivity index (χ3v) is 3.30. The highest BCUT2D eigenvalue weighted by atomic mass is 14.2. The lowest BCUT2D eigenvalue weighted by Crippen LogP contribution is -2.08. The number of rotatable bonds is 7. The zero-order valence-corrected chi connectivity index (χ0v) is 9.84. The normalized spacial score (nSPS) is 17.8. The van der Waals surface area contributed by atoms with E-state index < -0.39 is 0 Å². The van der Waals surface area contributed by atoms with Crippen LogP contribution >= 0.6 is 0 Å². The zero-order valence-electron chi connectivity index (χ0n) is 9.84. The summed E-state index contributed by atoms with van der Waals surface area (Å²) in [5, 5.41) is 0.